The molecule has 0 radical (unpaired) electrons. The Hall–Kier alpha value is -1.39. The van der Waals surface area contributed by atoms with Crippen LogP contribution in [0.2, 0.25) is 0 Å². The molecule has 0 saturated carbocycles. The third kappa shape index (κ3) is 3.75. The molecule has 0 amide bonds. The van der Waals surface area contributed by atoms with Gasteiger partial charge in [-0.1, -0.05) is 81.3 Å². The van der Waals surface area contributed by atoms with E-state index in [1.165, 1.54) is 16.5 Å². The standard InChI is InChI=1S/C24H31P/c1-16(2)20-12-18(5)23(14-20)25(22-10-8-7-9-11-22)24-15-21(17(3)4)13-19(24)6/h7-13,16-17H,14-15H2,1-6H3. The molecule has 0 nitrogen and oxygen atoms in total. The van der Waals surface area contributed by atoms with Crippen LogP contribution in [-0.2, 0) is 0 Å². The predicted octanol–water partition coefficient (Wildman–Crippen LogP) is 7.31. The molecule has 0 atom stereocenters. The molecule has 0 spiro atoms. The largest absolute Gasteiger partial charge is 0.0629 e. The highest BCUT2D eigenvalue weighted by molar-refractivity contribution is 7.73. The molecule has 0 aliphatic heterocycles. The Bertz CT molecular complexity index is 722. The molecule has 132 valence electrons. The van der Waals surface area contributed by atoms with E-state index < -0.39 is 0 Å². The maximum atomic E-state index is 2.46. The van der Waals surface area contributed by atoms with Gasteiger partial charge in [-0.15, -0.1) is 0 Å². The van der Waals surface area contributed by atoms with E-state index in [-0.39, 0.29) is 7.92 Å². The van der Waals surface area contributed by atoms with Crippen molar-refractivity contribution in [2.75, 3.05) is 0 Å². The summed E-state index contributed by atoms with van der Waals surface area (Å²) < 4.78 is 0. The fourth-order valence-electron chi connectivity index (χ4n) is 3.79. The maximum absolute atomic E-state index is 2.46. The Morgan fingerprint density at radius 1 is 0.720 bits per heavy atom. The molecule has 0 unspecified atom stereocenters. The van der Waals surface area contributed by atoms with Crippen molar-refractivity contribution in [3.8, 4) is 0 Å². The molecular formula is C24H31P. The first-order valence-corrected chi connectivity index (χ1v) is 10.9. The maximum Gasteiger partial charge on any atom is -0.00480 e. The van der Waals surface area contributed by atoms with Crippen LogP contribution >= 0.6 is 7.92 Å². The second kappa shape index (κ2) is 7.46. The van der Waals surface area contributed by atoms with Gasteiger partial charge in [-0.05, 0) is 73.5 Å². The Balaban J connectivity index is 2.00. The lowest BCUT2D eigenvalue weighted by molar-refractivity contribution is 0.750. The normalized spacial score (nSPS) is 18.1. The van der Waals surface area contributed by atoms with Crippen molar-refractivity contribution in [2.24, 2.45) is 11.8 Å². The predicted molar refractivity (Wildman–Crippen MR) is 113 cm³/mol. The van der Waals surface area contributed by atoms with Crippen molar-refractivity contribution >= 4 is 13.2 Å². The van der Waals surface area contributed by atoms with Crippen LogP contribution in [0.1, 0.15) is 54.4 Å². The van der Waals surface area contributed by atoms with Gasteiger partial charge in [0.1, 0.15) is 0 Å². The van der Waals surface area contributed by atoms with Gasteiger partial charge in [-0.25, -0.2) is 0 Å². The molecule has 0 bridgehead atoms. The van der Waals surface area contributed by atoms with Crippen LogP contribution < -0.4 is 5.30 Å². The van der Waals surface area contributed by atoms with E-state index in [4.69, 9.17) is 0 Å². The molecule has 25 heavy (non-hydrogen) atoms. The van der Waals surface area contributed by atoms with E-state index in [1.54, 1.807) is 21.8 Å². The number of benzene rings is 1. The van der Waals surface area contributed by atoms with Crippen LogP contribution in [0.5, 0.6) is 0 Å². The third-order valence-electron chi connectivity index (χ3n) is 5.49. The lowest BCUT2D eigenvalue weighted by Crippen LogP contribution is -2.05. The summed E-state index contributed by atoms with van der Waals surface area (Å²) in [5.41, 5.74) is 6.22. The Morgan fingerprint density at radius 2 is 1.16 bits per heavy atom. The lowest BCUT2D eigenvalue weighted by atomic mass is 10.0. The molecular weight excluding hydrogens is 319 g/mol. The minimum absolute atomic E-state index is 0.384. The molecule has 1 heteroatoms. The molecule has 3 rings (SSSR count). The van der Waals surface area contributed by atoms with Gasteiger partial charge in [-0.3, -0.25) is 0 Å². The van der Waals surface area contributed by atoms with Gasteiger partial charge < -0.3 is 0 Å². The van der Waals surface area contributed by atoms with Crippen LogP contribution in [0.25, 0.3) is 0 Å². The van der Waals surface area contributed by atoms with Crippen LogP contribution in [0, 0.1) is 11.8 Å². The van der Waals surface area contributed by atoms with E-state index in [9.17, 15) is 0 Å². The van der Waals surface area contributed by atoms with Crippen LogP contribution in [0.4, 0.5) is 0 Å². The van der Waals surface area contributed by atoms with Gasteiger partial charge in [0.2, 0.25) is 0 Å². The molecule has 2 aliphatic carbocycles. The molecule has 0 N–H and O–H groups in total. The summed E-state index contributed by atoms with van der Waals surface area (Å²) in [5, 5.41) is 4.87. The van der Waals surface area contributed by atoms with E-state index in [1.807, 2.05) is 0 Å². The van der Waals surface area contributed by atoms with Gasteiger partial charge in [-0.2, -0.15) is 0 Å². The van der Waals surface area contributed by atoms with Crippen molar-refractivity contribution < 1.29 is 0 Å². The molecule has 0 heterocycles. The molecule has 0 saturated heterocycles. The summed E-state index contributed by atoms with van der Waals surface area (Å²) in [6, 6.07) is 11.2. The van der Waals surface area contributed by atoms with E-state index in [0.29, 0.717) is 11.8 Å². The summed E-state index contributed by atoms with van der Waals surface area (Å²) in [6.45, 7) is 13.9. The van der Waals surface area contributed by atoms with Crippen LogP contribution in [-0.4, -0.2) is 0 Å². The van der Waals surface area contributed by atoms with Gasteiger partial charge >= 0.3 is 0 Å². The Kier molecular flexibility index (Phi) is 5.49. The average Bonchev–Trinajstić information content (AvgIpc) is 3.14. The molecule has 0 aromatic heterocycles. The summed E-state index contributed by atoms with van der Waals surface area (Å²) in [4.78, 5) is 0. The second-order valence-electron chi connectivity index (χ2n) is 8.03. The SMILES string of the molecule is CC1=C(P(C2=C(C)C=C(C(C)C)C2)c2ccccc2)CC(C(C)C)=C1. The summed E-state index contributed by atoms with van der Waals surface area (Å²) in [7, 11) is -0.384. The van der Waals surface area contributed by atoms with Crippen molar-refractivity contribution in [3.63, 3.8) is 0 Å². The number of hydrogen-bond acceptors (Lipinski definition) is 0. The first kappa shape index (κ1) is 18.4. The van der Waals surface area contributed by atoms with Gasteiger partial charge in [0, 0.05) is 0 Å². The molecule has 1 aromatic rings. The first-order valence-electron chi connectivity index (χ1n) is 9.54. The highest BCUT2D eigenvalue weighted by atomic mass is 31.1. The summed E-state index contributed by atoms with van der Waals surface area (Å²) in [5.74, 6) is 1.28. The van der Waals surface area contributed by atoms with E-state index in [2.05, 4.69) is 84.0 Å². The highest BCUT2D eigenvalue weighted by Gasteiger charge is 2.30. The third-order valence-corrected chi connectivity index (χ3v) is 8.41. The van der Waals surface area contributed by atoms with Gasteiger partial charge in [0.25, 0.3) is 0 Å². The van der Waals surface area contributed by atoms with E-state index in [0.717, 1.165) is 12.8 Å². The van der Waals surface area contributed by atoms with Crippen molar-refractivity contribution in [1.82, 2.24) is 0 Å². The zero-order chi connectivity index (χ0) is 18.1. The zero-order valence-electron chi connectivity index (χ0n) is 16.6. The molecule has 1 aromatic carbocycles. The summed E-state index contributed by atoms with van der Waals surface area (Å²) >= 11 is 0. The van der Waals surface area contributed by atoms with E-state index >= 15 is 0 Å². The van der Waals surface area contributed by atoms with Crippen LogP contribution in [0.3, 0.4) is 0 Å². The fraction of sp³-hybridized carbons (Fsp3) is 0.417. The quantitative estimate of drug-likeness (QED) is 0.488. The highest BCUT2D eigenvalue weighted by Crippen LogP contribution is 2.61. The smallest absolute Gasteiger partial charge is 0.00480 e. The topological polar surface area (TPSA) is 0 Å². The van der Waals surface area contributed by atoms with Gasteiger partial charge in [0.15, 0.2) is 0 Å². The Morgan fingerprint density at radius 3 is 1.52 bits per heavy atom. The van der Waals surface area contributed by atoms with Crippen molar-refractivity contribution in [3.05, 3.63) is 75.4 Å². The van der Waals surface area contributed by atoms with Gasteiger partial charge in [0.05, 0.1) is 0 Å². The average molecular weight is 350 g/mol. The van der Waals surface area contributed by atoms with Crippen LogP contribution in [0.15, 0.2) is 75.4 Å². The molecule has 2 aliphatic rings. The number of allylic oxidation sites excluding steroid dienone is 8. The minimum atomic E-state index is -0.384. The minimum Gasteiger partial charge on any atom is -0.0629 e. The Labute approximate surface area is 155 Å². The zero-order valence-corrected chi connectivity index (χ0v) is 17.5. The lowest BCUT2D eigenvalue weighted by Gasteiger charge is -2.25. The monoisotopic (exact) mass is 350 g/mol. The fourth-order valence-corrected chi connectivity index (χ4v) is 6.73. The molecule has 0 fully saturated rings. The first-order chi connectivity index (χ1) is 11.9. The number of rotatable bonds is 5. The van der Waals surface area contributed by atoms with Crippen molar-refractivity contribution in [2.45, 2.75) is 54.4 Å². The summed E-state index contributed by atoms with van der Waals surface area (Å²) in [6.07, 6.45) is 7.25. The van der Waals surface area contributed by atoms with Crippen molar-refractivity contribution in [1.29, 1.82) is 0 Å². The number of hydrogen-bond donors (Lipinski definition) is 0. The second-order valence-corrected chi connectivity index (χ2v) is 10.3.